The predicted molar refractivity (Wildman–Crippen MR) is 88.4 cm³/mol. The number of halogens is 1. The lowest BCUT2D eigenvalue weighted by Crippen LogP contribution is -2.16. The lowest BCUT2D eigenvalue weighted by atomic mass is 9.91. The lowest BCUT2D eigenvalue weighted by Gasteiger charge is -2.28. The minimum atomic E-state index is 0.646. The van der Waals surface area contributed by atoms with Crippen LogP contribution in [0.15, 0.2) is 10.5 Å². The molecule has 3 heterocycles. The fourth-order valence-corrected chi connectivity index (χ4v) is 4.00. The van der Waals surface area contributed by atoms with Crippen LogP contribution < -0.4 is 15.2 Å². The third kappa shape index (κ3) is 2.00. The number of hydrogen-bond donors (Lipinski definition) is 1. The Bertz CT molecular complexity index is 698. The molecule has 0 fully saturated rings. The Kier molecular flexibility index (Phi) is 3.29. The Morgan fingerprint density at radius 2 is 1.82 bits per heavy atom. The normalized spacial score (nSPS) is 16.5. The van der Waals surface area contributed by atoms with Crippen molar-refractivity contribution in [2.75, 3.05) is 18.9 Å². The zero-order valence-electron chi connectivity index (χ0n) is 12.5. The Morgan fingerprint density at radius 3 is 2.50 bits per heavy atom. The number of hydrogen-bond acceptors (Lipinski definition) is 4. The van der Waals surface area contributed by atoms with Crippen molar-refractivity contribution in [1.29, 1.82) is 0 Å². The summed E-state index contributed by atoms with van der Waals surface area (Å²) in [6, 6.07) is 1.91. The Morgan fingerprint density at radius 1 is 1.14 bits per heavy atom. The second kappa shape index (κ2) is 5.19. The molecule has 6 heteroatoms. The van der Waals surface area contributed by atoms with Crippen LogP contribution in [-0.2, 0) is 19.9 Å². The molecule has 0 radical (unpaired) electrons. The summed E-state index contributed by atoms with van der Waals surface area (Å²) >= 11 is 3.72. The zero-order chi connectivity index (χ0) is 15.3. The number of anilines is 1. The number of benzene rings is 1. The highest BCUT2D eigenvalue weighted by molar-refractivity contribution is 9.10. The van der Waals surface area contributed by atoms with Crippen molar-refractivity contribution in [1.82, 2.24) is 9.78 Å². The summed E-state index contributed by atoms with van der Waals surface area (Å²) in [5, 5.41) is 4.57. The van der Waals surface area contributed by atoms with Crippen molar-refractivity contribution in [2.45, 2.75) is 25.7 Å². The Balaban J connectivity index is 2.03. The number of nitrogen functional groups attached to an aromatic ring is 1. The molecule has 0 spiro atoms. The summed E-state index contributed by atoms with van der Waals surface area (Å²) in [5.74, 6) is 2.54. The molecule has 2 N–H and O–H groups in total. The standard InChI is InChI=1S/C16H18BrN3O2/c1-20-12(18)8-11(19-20)13-9-4-2-7-22-16(9)14(17)10-5-3-6-21-15(10)13/h8H,2-7,18H2,1H3. The molecule has 22 heavy (non-hydrogen) atoms. The van der Waals surface area contributed by atoms with Crippen LogP contribution in [0, 0.1) is 0 Å². The van der Waals surface area contributed by atoms with Crippen LogP contribution in [0.3, 0.4) is 0 Å². The van der Waals surface area contributed by atoms with Gasteiger partial charge in [0.25, 0.3) is 0 Å². The molecule has 2 aliphatic rings. The molecule has 116 valence electrons. The molecule has 1 aromatic heterocycles. The first-order chi connectivity index (χ1) is 10.7. The summed E-state index contributed by atoms with van der Waals surface area (Å²) < 4.78 is 14.7. The lowest BCUT2D eigenvalue weighted by molar-refractivity contribution is 0.272. The van der Waals surface area contributed by atoms with E-state index in [0.29, 0.717) is 5.82 Å². The monoisotopic (exact) mass is 363 g/mol. The molecular weight excluding hydrogens is 346 g/mol. The second-order valence-electron chi connectivity index (χ2n) is 5.79. The zero-order valence-corrected chi connectivity index (χ0v) is 14.1. The number of aromatic nitrogens is 2. The molecule has 2 aliphatic heterocycles. The molecule has 5 nitrogen and oxygen atoms in total. The molecular formula is C16H18BrN3O2. The number of ether oxygens (including phenoxy) is 2. The summed E-state index contributed by atoms with van der Waals surface area (Å²) in [6.45, 7) is 1.50. The van der Waals surface area contributed by atoms with E-state index in [1.807, 2.05) is 13.1 Å². The Labute approximate surface area is 137 Å². The first-order valence-electron chi connectivity index (χ1n) is 7.59. The number of rotatable bonds is 1. The van der Waals surface area contributed by atoms with Gasteiger partial charge in [0.1, 0.15) is 17.3 Å². The predicted octanol–water partition coefficient (Wildman–Crippen LogP) is 3.08. The van der Waals surface area contributed by atoms with Crippen molar-refractivity contribution < 1.29 is 9.47 Å². The molecule has 0 bridgehead atoms. The van der Waals surface area contributed by atoms with Crippen molar-refractivity contribution >= 4 is 21.7 Å². The average molecular weight is 364 g/mol. The average Bonchev–Trinajstić information content (AvgIpc) is 2.87. The quantitative estimate of drug-likeness (QED) is 0.845. The maximum atomic E-state index is 6.03. The van der Waals surface area contributed by atoms with E-state index in [1.54, 1.807) is 4.68 Å². The van der Waals surface area contributed by atoms with Gasteiger partial charge < -0.3 is 15.2 Å². The molecule has 1 aromatic carbocycles. The minimum Gasteiger partial charge on any atom is -0.493 e. The molecule has 0 saturated carbocycles. The van der Waals surface area contributed by atoms with Crippen LogP contribution in [0.5, 0.6) is 11.5 Å². The first kappa shape index (κ1) is 13.9. The van der Waals surface area contributed by atoms with Crippen LogP contribution in [-0.4, -0.2) is 23.0 Å². The molecule has 0 amide bonds. The van der Waals surface area contributed by atoms with Gasteiger partial charge in [-0.15, -0.1) is 0 Å². The number of aryl methyl sites for hydroxylation is 1. The molecule has 0 aliphatic carbocycles. The van der Waals surface area contributed by atoms with Gasteiger partial charge in [-0.2, -0.15) is 5.10 Å². The van der Waals surface area contributed by atoms with Gasteiger partial charge in [-0.3, -0.25) is 4.68 Å². The summed E-state index contributed by atoms with van der Waals surface area (Å²) in [6.07, 6.45) is 3.99. The van der Waals surface area contributed by atoms with Gasteiger partial charge in [-0.25, -0.2) is 0 Å². The van der Waals surface area contributed by atoms with Crippen molar-refractivity contribution in [3.63, 3.8) is 0 Å². The van der Waals surface area contributed by atoms with Crippen LogP contribution in [0.2, 0.25) is 0 Å². The summed E-state index contributed by atoms with van der Waals surface area (Å²) in [5.41, 5.74) is 10.3. The largest absolute Gasteiger partial charge is 0.493 e. The fraction of sp³-hybridized carbons (Fsp3) is 0.438. The Hall–Kier alpha value is -1.69. The van der Waals surface area contributed by atoms with Crippen molar-refractivity contribution in [2.24, 2.45) is 7.05 Å². The van der Waals surface area contributed by atoms with E-state index < -0.39 is 0 Å². The number of nitrogens with two attached hydrogens (primary N) is 1. The fourth-order valence-electron chi connectivity index (χ4n) is 3.26. The minimum absolute atomic E-state index is 0.646. The highest BCUT2D eigenvalue weighted by Crippen LogP contribution is 2.50. The van der Waals surface area contributed by atoms with Gasteiger partial charge in [0.2, 0.25) is 0 Å². The molecule has 4 rings (SSSR count). The van der Waals surface area contributed by atoms with E-state index in [0.717, 1.165) is 66.1 Å². The van der Waals surface area contributed by atoms with E-state index >= 15 is 0 Å². The van der Waals surface area contributed by atoms with E-state index in [1.165, 1.54) is 11.1 Å². The van der Waals surface area contributed by atoms with E-state index in [9.17, 15) is 0 Å². The SMILES string of the molecule is Cn1nc(-c2c3c(c(Br)c4c2OCCC4)OCCC3)cc1N. The van der Waals surface area contributed by atoms with E-state index in [4.69, 9.17) is 15.2 Å². The van der Waals surface area contributed by atoms with Gasteiger partial charge >= 0.3 is 0 Å². The van der Waals surface area contributed by atoms with Crippen molar-refractivity contribution in [3.05, 3.63) is 21.7 Å². The summed E-state index contributed by atoms with van der Waals surface area (Å²) in [7, 11) is 1.86. The van der Waals surface area contributed by atoms with Crippen LogP contribution in [0.4, 0.5) is 5.82 Å². The van der Waals surface area contributed by atoms with Gasteiger partial charge in [0.15, 0.2) is 0 Å². The highest BCUT2D eigenvalue weighted by atomic mass is 79.9. The first-order valence-corrected chi connectivity index (χ1v) is 8.39. The van der Waals surface area contributed by atoms with Crippen LogP contribution >= 0.6 is 15.9 Å². The van der Waals surface area contributed by atoms with Crippen LogP contribution in [0.25, 0.3) is 11.3 Å². The van der Waals surface area contributed by atoms with Gasteiger partial charge in [-0.1, -0.05) is 0 Å². The second-order valence-corrected chi connectivity index (χ2v) is 6.58. The maximum absolute atomic E-state index is 6.03. The van der Waals surface area contributed by atoms with Crippen molar-refractivity contribution in [3.8, 4) is 22.8 Å². The third-order valence-electron chi connectivity index (χ3n) is 4.35. The van der Waals surface area contributed by atoms with E-state index in [2.05, 4.69) is 21.0 Å². The maximum Gasteiger partial charge on any atom is 0.137 e. The van der Waals surface area contributed by atoms with Gasteiger partial charge in [0.05, 0.1) is 28.9 Å². The number of fused-ring (bicyclic) bond motifs is 2. The topological polar surface area (TPSA) is 62.3 Å². The number of nitrogens with zero attached hydrogens (tertiary/aromatic N) is 2. The van der Waals surface area contributed by atoms with Gasteiger partial charge in [-0.05, 0) is 41.6 Å². The van der Waals surface area contributed by atoms with E-state index in [-0.39, 0.29) is 0 Å². The molecule has 0 unspecified atom stereocenters. The van der Waals surface area contributed by atoms with Crippen LogP contribution in [0.1, 0.15) is 24.0 Å². The molecule has 2 aromatic rings. The molecule has 0 saturated heterocycles. The molecule has 0 atom stereocenters. The summed E-state index contributed by atoms with van der Waals surface area (Å²) in [4.78, 5) is 0. The highest BCUT2D eigenvalue weighted by Gasteiger charge is 2.30. The smallest absolute Gasteiger partial charge is 0.137 e. The third-order valence-corrected chi connectivity index (χ3v) is 5.19. The van der Waals surface area contributed by atoms with Gasteiger partial charge in [0, 0.05) is 24.2 Å².